The molecule has 0 saturated heterocycles. The highest BCUT2D eigenvalue weighted by molar-refractivity contribution is 5.83. The van der Waals surface area contributed by atoms with Crippen LogP contribution in [0.3, 0.4) is 0 Å². The first-order chi connectivity index (χ1) is 17.1. The van der Waals surface area contributed by atoms with Gasteiger partial charge in [0.25, 0.3) is 0 Å². The van der Waals surface area contributed by atoms with Crippen molar-refractivity contribution in [3.63, 3.8) is 0 Å². The second-order valence-corrected chi connectivity index (χ2v) is 9.71. The molecule has 0 aliphatic heterocycles. The largest absolute Gasteiger partial charge is 0.481 e. The lowest BCUT2D eigenvalue weighted by atomic mass is 9.63. The SMILES string of the molecule is COC(=O)C[C@]1(C(=O)O)CCCC[C@@H]1CCC#N.COC(=O)C[C@]1(C(=O)O)CCCC[C@@H]1CCC#N. The van der Waals surface area contributed by atoms with Crippen LogP contribution < -0.4 is 0 Å². The van der Waals surface area contributed by atoms with Crippen LogP contribution in [-0.4, -0.2) is 48.3 Å². The molecule has 0 aromatic rings. The Kier molecular flexibility index (Phi) is 12.9. The molecule has 10 heteroatoms. The molecule has 2 rings (SSSR count). The zero-order chi connectivity index (χ0) is 27.2. The fourth-order valence-corrected chi connectivity index (χ4v) is 5.78. The van der Waals surface area contributed by atoms with Gasteiger partial charge in [-0.3, -0.25) is 19.2 Å². The standard InChI is InChI=1S/2C13H19NO4/c2*1-18-11(15)9-13(12(16)17)7-3-2-5-10(13)6-4-8-14/h2*10H,2-7,9H2,1H3,(H,16,17)/t2*10-,13-/m11/s1. The van der Waals surface area contributed by atoms with Crippen LogP contribution in [-0.2, 0) is 28.7 Å². The quantitative estimate of drug-likeness (QED) is 0.408. The zero-order valence-corrected chi connectivity index (χ0v) is 21.3. The van der Waals surface area contributed by atoms with E-state index < -0.39 is 34.7 Å². The second kappa shape index (κ2) is 15.1. The summed E-state index contributed by atoms with van der Waals surface area (Å²) in [5.74, 6) is -3.06. The van der Waals surface area contributed by atoms with Gasteiger partial charge in [-0.1, -0.05) is 25.7 Å². The molecule has 0 unspecified atom stereocenters. The van der Waals surface area contributed by atoms with E-state index in [4.69, 9.17) is 10.5 Å². The average molecular weight is 507 g/mol. The van der Waals surface area contributed by atoms with Gasteiger partial charge in [0.15, 0.2) is 0 Å². The van der Waals surface area contributed by atoms with Crippen LogP contribution in [0.2, 0.25) is 0 Å². The molecule has 0 aromatic carbocycles. The Morgan fingerprint density at radius 3 is 1.39 bits per heavy atom. The number of ether oxygens (including phenoxy) is 2. The van der Waals surface area contributed by atoms with Gasteiger partial charge in [-0.15, -0.1) is 0 Å². The summed E-state index contributed by atoms with van der Waals surface area (Å²) in [6.45, 7) is 0. The molecular weight excluding hydrogens is 468 g/mol. The van der Waals surface area contributed by atoms with Crippen LogP contribution >= 0.6 is 0 Å². The second-order valence-electron chi connectivity index (χ2n) is 9.71. The van der Waals surface area contributed by atoms with E-state index in [0.29, 0.717) is 38.5 Å². The van der Waals surface area contributed by atoms with Crippen molar-refractivity contribution in [1.29, 1.82) is 10.5 Å². The first-order valence-corrected chi connectivity index (χ1v) is 12.5. The van der Waals surface area contributed by atoms with Gasteiger partial charge in [-0.2, -0.15) is 10.5 Å². The molecule has 0 aromatic heterocycles. The number of nitrogens with zero attached hydrogens (tertiary/aromatic N) is 2. The number of nitriles is 2. The summed E-state index contributed by atoms with van der Waals surface area (Å²) in [4.78, 5) is 46.1. The van der Waals surface area contributed by atoms with Crippen LogP contribution in [0.15, 0.2) is 0 Å². The Morgan fingerprint density at radius 2 is 1.11 bits per heavy atom. The lowest BCUT2D eigenvalue weighted by molar-refractivity contribution is -0.163. The third kappa shape index (κ3) is 7.94. The molecule has 4 atom stereocenters. The summed E-state index contributed by atoms with van der Waals surface area (Å²) < 4.78 is 9.23. The molecule has 0 bridgehead atoms. The molecule has 36 heavy (non-hydrogen) atoms. The van der Waals surface area contributed by atoms with Crippen LogP contribution in [0, 0.1) is 45.3 Å². The maximum Gasteiger partial charge on any atom is 0.310 e. The lowest BCUT2D eigenvalue weighted by Gasteiger charge is -2.40. The van der Waals surface area contributed by atoms with E-state index in [1.54, 1.807) is 0 Å². The van der Waals surface area contributed by atoms with E-state index in [2.05, 4.69) is 9.47 Å². The molecule has 2 saturated carbocycles. The van der Waals surface area contributed by atoms with E-state index >= 15 is 0 Å². The summed E-state index contributed by atoms with van der Waals surface area (Å²) in [6, 6.07) is 4.10. The predicted molar refractivity (Wildman–Crippen MR) is 127 cm³/mol. The summed E-state index contributed by atoms with van der Waals surface area (Å²) in [7, 11) is 2.54. The molecule has 0 amide bonds. The van der Waals surface area contributed by atoms with Crippen LogP contribution in [0.25, 0.3) is 0 Å². The van der Waals surface area contributed by atoms with Gasteiger partial charge in [-0.05, 0) is 50.4 Å². The third-order valence-electron chi connectivity index (χ3n) is 7.85. The average Bonchev–Trinajstić information content (AvgIpc) is 2.87. The molecule has 2 fully saturated rings. The van der Waals surface area contributed by atoms with Crippen molar-refractivity contribution in [3.8, 4) is 12.1 Å². The smallest absolute Gasteiger partial charge is 0.310 e. The number of esters is 2. The van der Waals surface area contributed by atoms with E-state index in [0.717, 1.165) is 38.5 Å². The Hall–Kier alpha value is -3.14. The van der Waals surface area contributed by atoms with Crippen molar-refractivity contribution in [2.24, 2.45) is 22.7 Å². The molecule has 10 nitrogen and oxygen atoms in total. The van der Waals surface area contributed by atoms with Crippen molar-refractivity contribution < 1.29 is 38.9 Å². The summed E-state index contributed by atoms with van der Waals surface area (Å²) in [6.07, 6.45) is 7.65. The maximum absolute atomic E-state index is 11.6. The molecule has 2 N–H and O–H groups in total. The summed E-state index contributed by atoms with van der Waals surface area (Å²) >= 11 is 0. The van der Waals surface area contributed by atoms with Gasteiger partial charge in [-0.25, -0.2) is 0 Å². The minimum Gasteiger partial charge on any atom is -0.481 e. The Balaban J connectivity index is 0.000000360. The summed E-state index contributed by atoms with van der Waals surface area (Å²) in [5, 5.41) is 36.3. The van der Waals surface area contributed by atoms with Gasteiger partial charge in [0.2, 0.25) is 0 Å². The zero-order valence-electron chi connectivity index (χ0n) is 21.3. The predicted octanol–water partition coefficient (Wildman–Crippen LogP) is 4.23. The highest BCUT2D eigenvalue weighted by Gasteiger charge is 2.49. The summed E-state index contributed by atoms with van der Waals surface area (Å²) in [5.41, 5.74) is -2.08. The Morgan fingerprint density at radius 1 is 0.750 bits per heavy atom. The van der Waals surface area contributed by atoms with Crippen LogP contribution in [0.4, 0.5) is 0 Å². The highest BCUT2D eigenvalue weighted by Crippen LogP contribution is 2.47. The van der Waals surface area contributed by atoms with E-state index in [1.165, 1.54) is 14.2 Å². The van der Waals surface area contributed by atoms with Crippen molar-refractivity contribution in [2.45, 2.75) is 89.9 Å². The normalized spacial score (nSPS) is 27.2. The Bertz CT molecular complexity index is 791. The number of hydrogen-bond acceptors (Lipinski definition) is 8. The number of methoxy groups -OCH3 is 2. The van der Waals surface area contributed by atoms with Gasteiger partial charge in [0.05, 0.1) is 50.0 Å². The molecule has 0 radical (unpaired) electrons. The first kappa shape index (κ1) is 30.9. The Labute approximate surface area is 212 Å². The highest BCUT2D eigenvalue weighted by atomic mass is 16.5. The van der Waals surface area contributed by atoms with Gasteiger partial charge >= 0.3 is 23.9 Å². The maximum atomic E-state index is 11.6. The van der Waals surface area contributed by atoms with Gasteiger partial charge < -0.3 is 19.7 Å². The monoisotopic (exact) mass is 506 g/mol. The van der Waals surface area contributed by atoms with Crippen molar-refractivity contribution in [3.05, 3.63) is 0 Å². The van der Waals surface area contributed by atoms with Crippen molar-refractivity contribution in [1.82, 2.24) is 0 Å². The number of hydrogen-bond donors (Lipinski definition) is 2. The number of aliphatic carboxylic acids is 2. The van der Waals surface area contributed by atoms with Crippen molar-refractivity contribution >= 4 is 23.9 Å². The number of carboxylic acid groups (broad SMARTS) is 2. The number of carboxylic acids is 2. The number of carbonyl (C=O) groups is 4. The van der Waals surface area contributed by atoms with Crippen LogP contribution in [0.5, 0.6) is 0 Å². The van der Waals surface area contributed by atoms with E-state index in [-0.39, 0.29) is 24.7 Å². The molecule has 200 valence electrons. The van der Waals surface area contributed by atoms with Gasteiger partial charge in [0.1, 0.15) is 0 Å². The molecule has 0 spiro atoms. The third-order valence-corrected chi connectivity index (χ3v) is 7.85. The minimum absolute atomic E-state index is 0.0884. The molecule has 2 aliphatic rings. The van der Waals surface area contributed by atoms with Crippen LogP contribution in [0.1, 0.15) is 89.9 Å². The van der Waals surface area contributed by atoms with E-state index in [9.17, 15) is 29.4 Å². The lowest BCUT2D eigenvalue weighted by Crippen LogP contribution is -2.43. The number of rotatable bonds is 10. The molecule has 0 heterocycles. The molecular formula is C26H38N2O8. The fourth-order valence-electron chi connectivity index (χ4n) is 5.78. The topological polar surface area (TPSA) is 175 Å². The van der Waals surface area contributed by atoms with Gasteiger partial charge in [0, 0.05) is 12.8 Å². The van der Waals surface area contributed by atoms with Crippen molar-refractivity contribution in [2.75, 3.05) is 14.2 Å². The number of carbonyl (C=O) groups excluding carboxylic acids is 2. The minimum atomic E-state index is -1.04. The van der Waals surface area contributed by atoms with E-state index in [1.807, 2.05) is 12.1 Å². The molecule has 2 aliphatic carbocycles. The first-order valence-electron chi connectivity index (χ1n) is 12.5. The fraction of sp³-hybridized carbons (Fsp3) is 0.769.